The summed E-state index contributed by atoms with van der Waals surface area (Å²) in [5.74, 6) is 0. The molecule has 2 rings (SSSR count). The van der Waals surface area contributed by atoms with Gasteiger partial charge in [0.05, 0.1) is 22.9 Å². The highest BCUT2D eigenvalue weighted by Gasteiger charge is 2.55. The Hall–Kier alpha value is -0.730. The van der Waals surface area contributed by atoms with Crippen LogP contribution in [0.4, 0.5) is 9.59 Å². The van der Waals surface area contributed by atoms with E-state index in [0.29, 0.717) is 0 Å². The Balaban J connectivity index is 2.39. The number of carbonyl (C=O) groups excluding carboxylic acids is 2. The predicted molar refractivity (Wildman–Crippen MR) is 57.5 cm³/mol. The summed E-state index contributed by atoms with van der Waals surface area (Å²) in [6, 6.07) is -0.118. The second-order valence-corrected chi connectivity index (χ2v) is 4.58. The lowest BCUT2D eigenvalue weighted by atomic mass is 10.4. The van der Waals surface area contributed by atoms with Crippen LogP contribution in [-0.2, 0) is 0 Å². The summed E-state index contributed by atoms with van der Waals surface area (Å²) in [4.78, 5) is 27.9. The van der Waals surface area contributed by atoms with Crippen LogP contribution >= 0.6 is 22.9 Å². The first-order chi connectivity index (χ1) is 6.46. The van der Waals surface area contributed by atoms with Crippen LogP contribution in [0.5, 0.6) is 0 Å². The number of carbonyl (C=O) groups is 2. The van der Waals surface area contributed by atoms with Crippen LogP contribution in [0.2, 0.25) is 0 Å². The molecule has 4 amide bonds. The molecule has 0 aromatic rings. The number of hydrogen-bond acceptors (Lipinski definition) is 2. The monoisotopic (exact) mass is 310 g/mol. The van der Waals surface area contributed by atoms with Crippen LogP contribution in [0.15, 0.2) is 0 Å². The molecular formula is C7H11IN4O2. The minimum Gasteiger partial charge on any atom is -0.303 e. The van der Waals surface area contributed by atoms with Crippen molar-refractivity contribution in [2.75, 3.05) is 21.1 Å². The molecule has 2 fully saturated rings. The summed E-state index contributed by atoms with van der Waals surface area (Å²) in [5.41, 5.74) is 0. The number of halogens is 1. The number of amides is 4. The number of hydrogen-bond donors (Lipinski definition) is 0. The van der Waals surface area contributed by atoms with Crippen LogP contribution in [0.1, 0.15) is 0 Å². The molecule has 0 bridgehead atoms. The molecule has 0 saturated carbocycles. The molecule has 0 N–H and O–H groups in total. The van der Waals surface area contributed by atoms with Crippen LogP contribution in [0.25, 0.3) is 0 Å². The van der Waals surface area contributed by atoms with Gasteiger partial charge in [-0.1, -0.05) is 0 Å². The van der Waals surface area contributed by atoms with Crippen molar-refractivity contribution in [1.82, 2.24) is 17.8 Å². The predicted octanol–water partition coefficient (Wildman–Crippen LogP) is 0.353. The van der Waals surface area contributed by atoms with E-state index in [-0.39, 0.29) is 24.4 Å². The van der Waals surface area contributed by atoms with Gasteiger partial charge in [0.1, 0.15) is 6.17 Å². The standard InChI is InChI=1S/C7H11IN4O2/c1-9-4-5(11(3)6(9)13)12(8)7(14)10(4)2/h4-5H,1-3H3. The molecule has 14 heavy (non-hydrogen) atoms. The first kappa shape index (κ1) is 9.81. The Morgan fingerprint density at radius 1 is 0.929 bits per heavy atom. The number of fused-ring (bicyclic) bond motifs is 1. The van der Waals surface area contributed by atoms with Gasteiger partial charge in [-0.2, -0.15) is 0 Å². The lowest BCUT2D eigenvalue weighted by molar-refractivity contribution is 0.161. The van der Waals surface area contributed by atoms with Crippen molar-refractivity contribution in [3.05, 3.63) is 0 Å². The van der Waals surface area contributed by atoms with Gasteiger partial charge < -0.3 is 14.7 Å². The SMILES string of the molecule is CN1C(=O)N(C)C2C1N(C)C(=O)N2I. The average Bonchev–Trinajstić information content (AvgIpc) is 2.51. The maximum atomic E-state index is 11.6. The van der Waals surface area contributed by atoms with Gasteiger partial charge in [-0.25, -0.2) is 12.7 Å². The molecule has 2 atom stereocenters. The van der Waals surface area contributed by atoms with Gasteiger partial charge in [0.2, 0.25) is 0 Å². The summed E-state index contributed by atoms with van der Waals surface area (Å²) < 4.78 is 1.56. The van der Waals surface area contributed by atoms with Gasteiger partial charge in [-0.05, 0) is 0 Å². The van der Waals surface area contributed by atoms with Crippen molar-refractivity contribution in [3.63, 3.8) is 0 Å². The van der Waals surface area contributed by atoms with Gasteiger partial charge in [0.25, 0.3) is 0 Å². The van der Waals surface area contributed by atoms with Crippen molar-refractivity contribution in [1.29, 1.82) is 0 Å². The van der Waals surface area contributed by atoms with Crippen LogP contribution in [0.3, 0.4) is 0 Å². The van der Waals surface area contributed by atoms with Crippen LogP contribution < -0.4 is 0 Å². The Morgan fingerprint density at radius 3 is 1.86 bits per heavy atom. The Kier molecular flexibility index (Phi) is 2.02. The molecule has 0 radical (unpaired) electrons. The van der Waals surface area contributed by atoms with Crippen molar-refractivity contribution < 1.29 is 9.59 Å². The Morgan fingerprint density at radius 2 is 1.36 bits per heavy atom. The molecule has 78 valence electrons. The van der Waals surface area contributed by atoms with Crippen molar-refractivity contribution in [2.45, 2.75) is 12.3 Å². The maximum Gasteiger partial charge on any atom is 0.332 e. The molecule has 2 aliphatic rings. The lowest BCUT2D eigenvalue weighted by Crippen LogP contribution is -2.42. The minimum absolute atomic E-state index is 0.0546. The summed E-state index contributed by atoms with van der Waals surface area (Å²) in [7, 11) is 5.13. The molecule has 2 aliphatic heterocycles. The first-order valence-corrected chi connectivity index (χ1v) is 5.14. The topological polar surface area (TPSA) is 47.1 Å². The molecular weight excluding hydrogens is 299 g/mol. The van der Waals surface area contributed by atoms with E-state index >= 15 is 0 Å². The van der Waals surface area contributed by atoms with E-state index < -0.39 is 0 Å². The molecule has 2 saturated heterocycles. The van der Waals surface area contributed by atoms with Gasteiger partial charge in [-0.3, -0.25) is 0 Å². The summed E-state index contributed by atoms with van der Waals surface area (Å²) >= 11 is 1.95. The molecule has 7 heteroatoms. The van der Waals surface area contributed by atoms with E-state index in [2.05, 4.69) is 0 Å². The quantitative estimate of drug-likeness (QED) is 0.479. The van der Waals surface area contributed by atoms with Gasteiger partial charge in [0, 0.05) is 21.1 Å². The second-order valence-electron chi connectivity index (χ2n) is 3.54. The molecule has 0 aromatic heterocycles. The third-order valence-electron chi connectivity index (χ3n) is 2.78. The molecule has 0 aliphatic carbocycles. The van der Waals surface area contributed by atoms with E-state index in [0.717, 1.165) is 0 Å². The molecule has 0 aromatic carbocycles. The van der Waals surface area contributed by atoms with Crippen molar-refractivity contribution in [2.24, 2.45) is 0 Å². The number of urea groups is 2. The Labute approximate surface area is 95.9 Å². The Bertz CT molecular complexity index is 256. The summed E-state index contributed by atoms with van der Waals surface area (Å²) in [6.45, 7) is 0. The van der Waals surface area contributed by atoms with Crippen LogP contribution in [-0.4, -0.2) is 63.3 Å². The second kappa shape index (κ2) is 2.88. The highest BCUT2D eigenvalue weighted by Crippen LogP contribution is 2.33. The third kappa shape index (κ3) is 0.956. The maximum absolute atomic E-state index is 11.6. The van der Waals surface area contributed by atoms with E-state index in [1.54, 1.807) is 39.0 Å². The highest BCUT2D eigenvalue weighted by atomic mass is 127. The highest BCUT2D eigenvalue weighted by molar-refractivity contribution is 14.1. The third-order valence-corrected chi connectivity index (χ3v) is 3.76. The zero-order valence-corrected chi connectivity index (χ0v) is 10.3. The normalized spacial score (nSPS) is 32.0. The fraction of sp³-hybridized carbons (Fsp3) is 0.714. The molecule has 6 nitrogen and oxygen atoms in total. The smallest absolute Gasteiger partial charge is 0.303 e. The summed E-state index contributed by atoms with van der Waals surface area (Å²) in [6.07, 6.45) is -0.345. The van der Waals surface area contributed by atoms with E-state index in [4.69, 9.17) is 0 Å². The van der Waals surface area contributed by atoms with Gasteiger partial charge >= 0.3 is 12.1 Å². The molecule has 2 unspecified atom stereocenters. The van der Waals surface area contributed by atoms with Crippen molar-refractivity contribution in [3.8, 4) is 0 Å². The number of rotatable bonds is 0. The lowest BCUT2D eigenvalue weighted by Gasteiger charge is -2.22. The molecule has 0 spiro atoms. The average molecular weight is 310 g/mol. The van der Waals surface area contributed by atoms with Crippen molar-refractivity contribution >= 4 is 34.9 Å². The number of likely N-dealkylation sites (N-methyl/N-ethyl adjacent to an activating group) is 3. The minimum atomic E-state index is -0.175. The van der Waals surface area contributed by atoms with E-state index in [1.165, 1.54) is 0 Å². The molecule has 2 heterocycles. The zero-order valence-electron chi connectivity index (χ0n) is 8.14. The van der Waals surface area contributed by atoms with Gasteiger partial charge in [0.15, 0.2) is 6.17 Å². The van der Waals surface area contributed by atoms with E-state index in [1.807, 2.05) is 22.9 Å². The largest absolute Gasteiger partial charge is 0.332 e. The van der Waals surface area contributed by atoms with Crippen LogP contribution in [0, 0.1) is 0 Å². The zero-order chi connectivity index (χ0) is 10.6. The van der Waals surface area contributed by atoms with Gasteiger partial charge in [-0.15, -0.1) is 0 Å². The van der Waals surface area contributed by atoms with E-state index in [9.17, 15) is 9.59 Å². The number of nitrogens with zero attached hydrogens (tertiary/aromatic N) is 4. The fourth-order valence-electron chi connectivity index (χ4n) is 1.98. The summed E-state index contributed by atoms with van der Waals surface area (Å²) in [5, 5.41) is 0. The fourth-order valence-corrected chi connectivity index (χ4v) is 2.98. The first-order valence-electron chi connectivity index (χ1n) is 4.18.